The first-order valence-electron chi connectivity index (χ1n) is 7.12. The van der Waals surface area contributed by atoms with Gasteiger partial charge in [-0.3, -0.25) is 4.79 Å². The van der Waals surface area contributed by atoms with Crippen molar-refractivity contribution in [1.29, 1.82) is 0 Å². The second-order valence-electron chi connectivity index (χ2n) is 5.52. The SMILES string of the molecule is Cc1ccc(C(=O)N2CCCC[C@@H]2CNS(N)(=O)=O)c(Cl)c1. The molecule has 6 nitrogen and oxygen atoms in total. The van der Waals surface area contributed by atoms with Gasteiger partial charge in [0.05, 0.1) is 10.6 Å². The van der Waals surface area contributed by atoms with E-state index in [1.165, 1.54) is 0 Å². The number of amides is 1. The Morgan fingerprint density at radius 3 is 2.82 bits per heavy atom. The molecule has 22 heavy (non-hydrogen) atoms. The van der Waals surface area contributed by atoms with Crippen LogP contribution in [0.2, 0.25) is 5.02 Å². The van der Waals surface area contributed by atoms with Crippen LogP contribution in [0.25, 0.3) is 0 Å². The predicted octanol–water partition coefficient (Wildman–Crippen LogP) is 1.44. The fraction of sp³-hybridized carbons (Fsp3) is 0.500. The molecule has 0 radical (unpaired) electrons. The summed E-state index contributed by atoms with van der Waals surface area (Å²) in [5, 5.41) is 5.37. The minimum absolute atomic E-state index is 0.119. The smallest absolute Gasteiger partial charge is 0.274 e. The Bertz CT molecular complexity index is 663. The van der Waals surface area contributed by atoms with Crippen molar-refractivity contribution >= 4 is 27.7 Å². The molecule has 1 heterocycles. The number of hydrogen-bond donors (Lipinski definition) is 2. The summed E-state index contributed by atoms with van der Waals surface area (Å²) in [5.41, 5.74) is 1.42. The Morgan fingerprint density at radius 1 is 1.45 bits per heavy atom. The molecule has 1 aromatic rings. The lowest BCUT2D eigenvalue weighted by molar-refractivity contribution is 0.0619. The van der Waals surface area contributed by atoms with Crippen molar-refractivity contribution < 1.29 is 13.2 Å². The largest absolute Gasteiger partial charge is 0.334 e. The maximum Gasteiger partial charge on any atom is 0.274 e. The fourth-order valence-electron chi connectivity index (χ4n) is 2.64. The highest BCUT2D eigenvalue weighted by Crippen LogP contribution is 2.24. The van der Waals surface area contributed by atoms with Crippen LogP contribution in [0.3, 0.4) is 0 Å². The van der Waals surface area contributed by atoms with Gasteiger partial charge in [-0.1, -0.05) is 17.7 Å². The van der Waals surface area contributed by atoms with Crippen LogP contribution in [0.1, 0.15) is 35.2 Å². The maximum absolute atomic E-state index is 12.7. The van der Waals surface area contributed by atoms with Gasteiger partial charge in [0.1, 0.15) is 0 Å². The molecule has 1 amide bonds. The molecule has 1 fully saturated rings. The van der Waals surface area contributed by atoms with E-state index in [-0.39, 0.29) is 18.5 Å². The van der Waals surface area contributed by atoms with Crippen LogP contribution in [0.5, 0.6) is 0 Å². The number of nitrogens with one attached hydrogen (secondary N) is 1. The highest BCUT2D eigenvalue weighted by atomic mass is 35.5. The summed E-state index contributed by atoms with van der Waals surface area (Å²) >= 11 is 6.16. The third-order valence-electron chi connectivity index (χ3n) is 3.76. The Kier molecular flexibility index (Phi) is 5.44. The number of halogens is 1. The van der Waals surface area contributed by atoms with Crippen molar-refractivity contribution in [1.82, 2.24) is 9.62 Å². The summed E-state index contributed by atoms with van der Waals surface area (Å²) in [6.07, 6.45) is 2.57. The molecule has 0 unspecified atom stereocenters. The van der Waals surface area contributed by atoms with E-state index in [4.69, 9.17) is 16.7 Å². The zero-order valence-electron chi connectivity index (χ0n) is 12.4. The Hall–Kier alpha value is -1.15. The van der Waals surface area contributed by atoms with Gasteiger partial charge in [0.15, 0.2) is 0 Å². The molecule has 8 heteroatoms. The number of nitrogens with two attached hydrogens (primary N) is 1. The lowest BCUT2D eigenvalue weighted by atomic mass is 10.0. The molecule has 3 N–H and O–H groups in total. The molecule has 0 saturated carbocycles. The van der Waals surface area contributed by atoms with Gasteiger partial charge in [-0.25, -0.2) is 9.86 Å². The third-order valence-corrected chi connectivity index (χ3v) is 4.64. The monoisotopic (exact) mass is 345 g/mol. The van der Waals surface area contributed by atoms with Gasteiger partial charge in [0.2, 0.25) is 0 Å². The quantitative estimate of drug-likeness (QED) is 0.864. The first-order chi connectivity index (χ1) is 10.3. The minimum Gasteiger partial charge on any atom is -0.334 e. The van der Waals surface area contributed by atoms with Gasteiger partial charge in [0.25, 0.3) is 16.1 Å². The summed E-state index contributed by atoms with van der Waals surface area (Å²) in [5.74, 6) is -0.175. The highest BCUT2D eigenvalue weighted by molar-refractivity contribution is 7.87. The molecular weight excluding hydrogens is 326 g/mol. The average molecular weight is 346 g/mol. The average Bonchev–Trinajstić information content (AvgIpc) is 2.44. The molecule has 0 aliphatic carbocycles. The number of nitrogens with zero attached hydrogens (tertiary/aromatic N) is 1. The number of piperidine rings is 1. The van der Waals surface area contributed by atoms with Crippen LogP contribution in [-0.4, -0.2) is 38.4 Å². The van der Waals surface area contributed by atoms with E-state index < -0.39 is 10.2 Å². The second kappa shape index (κ2) is 6.95. The maximum atomic E-state index is 12.7. The van der Waals surface area contributed by atoms with Crippen LogP contribution < -0.4 is 9.86 Å². The molecule has 0 aromatic heterocycles. The van der Waals surface area contributed by atoms with Gasteiger partial charge in [-0.2, -0.15) is 8.42 Å². The molecule has 1 aromatic carbocycles. The van der Waals surface area contributed by atoms with Gasteiger partial charge < -0.3 is 4.90 Å². The van der Waals surface area contributed by atoms with Crippen LogP contribution in [0.15, 0.2) is 18.2 Å². The van der Waals surface area contributed by atoms with Crippen molar-refractivity contribution in [2.24, 2.45) is 5.14 Å². The summed E-state index contributed by atoms with van der Waals surface area (Å²) in [4.78, 5) is 14.4. The topological polar surface area (TPSA) is 92.5 Å². The van der Waals surface area contributed by atoms with E-state index in [0.29, 0.717) is 17.1 Å². The van der Waals surface area contributed by atoms with Crippen molar-refractivity contribution in [2.75, 3.05) is 13.1 Å². The van der Waals surface area contributed by atoms with Crippen molar-refractivity contribution in [2.45, 2.75) is 32.2 Å². The lowest BCUT2D eigenvalue weighted by Gasteiger charge is -2.36. The van der Waals surface area contributed by atoms with E-state index in [2.05, 4.69) is 4.72 Å². The normalized spacial score (nSPS) is 19.2. The summed E-state index contributed by atoms with van der Waals surface area (Å²) in [6.45, 7) is 2.61. The predicted molar refractivity (Wildman–Crippen MR) is 86.0 cm³/mol. The van der Waals surface area contributed by atoms with Gasteiger partial charge >= 0.3 is 0 Å². The van der Waals surface area contributed by atoms with Gasteiger partial charge in [0, 0.05) is 19.1 Å². The standard InChI is InChI=1S/C14H20ClN3O3S/c1-10-5-6-12(13(15)8-10)14(19)18-7-3-2-4-11(18)9-17-22(16,20)21/h5-6,8,11,17H,2-4,7,9H2,1H3,(H2,16,20,21)/t11-/m1/s1. The Labute approximate surface area is 135 Å². The van der Waals surface area contributed by atoms with E-state index in [1.807, 2.05) is 13.0 Å². The van der Waals surface area contributed by atoms with E-state index in [9.17, 15) is 13.2 Å². The molecule has 1 saturated heterocycles. The third kappa shape index (κ3) is 4.42. The van der Waals surface area contributed by atoms with Crippen molar-refractivity contribution in [3.05, 3.63) is 34.3 Å². The van der Waals surface area contributed by atoms with Crippen LogP contribution in [-0.2, 0) is 10.2 Å². The van der Waals surface area contributed by atoms with E-state index in [0.717, 1.165) is 24.8 Å². The minimum atomic E-state index is -3.77. The number of aryl methyl sites for hydroxylation is 1. The molecule has 0 spiro atoms. The number of hydrogen-bond acceptors (Lipinski definition) is 3. The number of carbonyl (C=O) groups is 1. The molecule has 1 aliphatic heterocycles. The van der Waals surface area contributed by atoms with Crippen molar-refractivity contribution in [3.8, 4) is 0 Å². The molecule has 0 bridgehead atoms. The fourth-order valence-corrected chi connectivity index (χ4v) is 3.38. The van der Waals surface area contributed by atoms with Crippen LogP contribution in [0.4, 0.5) is 0 Å². The molecule has 1 aliphatic rings. The Morgan fingerprint density at radius 2 is 2.18 bits per heavy atom. The molecule has 2 rings (SSSR count). The number of rotatable bonds is 4. The number of benzene rings is 1. The summed E-state index contributed by atoms with van der Waals surface area (Å²) in [6, 6.07) is 5.08. The van der Waals surface area contributed by atoms with E-state index >= 15 is 0 Å². The van der Waals surface area contributed by atoms with E-state index in [1.54, 1.807) is 17.0 Å². The van der Waals surface area contributed by atoms with Gasteiger partial charge in [-0.15, -0.1) is 0 Å². The first-order valence-corrected chi connectivity index (χ1v) is 9.05. The molecule has 122 valence electrons. The molecule has 1 atom stereocenters. The second-order valence-corrected chi connectivity index (χ2v) is 7.31. The van der Waals surface area contributed by atoms with Gasteiger partial charge in [-0.05, 0) is 43.9 Å². The summed E-state index contributed by atoms with van der Waals surface area (Å²) < 4.78 is 24.4. The summed E-state index contributed by atoms with van der Waals surface area (Å²) in [7, 11) is -3.77. The first kappa shape index (κ1) is 17.2. The van der Waals surface area contributed by atoms with Crippen LogP contribution >= 0.6 is 11.6 Å². The molecular formula is C14H20ClN3O3S. The highest BCUT2D eigenvalue weighted by Gasteiger charge is 2.29. The number of likely N-dealkylation sites (tertiary alicyclic amines) is 1. The Balaban J connectivity index is 2.17. The zero-order valence-corrected chi connectivity index (χ0v) is 14.0. The lowest BCUT2D eigenvalue weighted by Crippen LogP contribution is -2.50. The number of carbonyl (C=O) groups excluding carboxylic acids is 1. The van der Waals surface area contributed by atoms with Crippen molar-refractivity contribution in [3.63, 3.8) is 0 Å². The van der Waals surface area contributed by atoms with Crippen LogP contribution in [0, 0.1) is 6.92 Å². The zero-order chi connectivity index (χ0) is 16.3.